The number of hydrogen-bond acceptors (Lipinski definition) is 1. The van der Waals surface area contributed by atoms with Crippen LogP contribution in [0.5, 0.6) is 0 Å². The van der Waals surface area contributed by atoms with Crippen molar-refractivity contribution in [2.24, 2.45) is 23.7 Å². The first kappa shape index (κ1) is 32.7. The summed E-state index contributed by atoms with van der Waals surface area (Å²) < 4.78 is 2.42. The number of aromatic nitrogens is 1. The van der Waals surface area contributed by atoms with Crippen LogP contribution in [-0.4, -0.2) is 4.57 Å². The molecule has 0 amide bonds. The van der Waals surface area contributed by atoms with Gasteiger partial charge in [0.25, 0.3) is 0 Å². The minimum absolute atomic E-state index is 0.0906. The summed E-state index contributed by atoms with van der Waals surface area (Å²) >= 11 is 0. The number of fused-ring (bicyclic) bond motifs is 7. The second-order valence-electron chi connectivity index (χ2n) is 17.7. The van der Waals surface area contributed by atoms with Crippen LogP contribution in [0.2, 0.25) is 0 Å². The van der Waals surface area contributed by atoms with Gasteiger partial charge < -0.3 is 9.47 Å². The highest BCUT2D eigenvalue weighted by Gasteiger charge is 2.61. The van der Waals surface area contributed by atoms with E-state index >= 15 is 0 Å². The van der Waals surface area contributed by atoms with Gasteiger partial charge in [-0.2, -0.15) is 0 Å². The first-order valence-corrected chi connectivity index (χ1v) is 21.4. The summed E-state index contributed by atoms with van der Waals surface area (Å²) in [5.41, 5.74) is 16.0. The molecule has 1 spiro atoms. The van der Waals surface area contributed by atoms with Crippen LogP contribution in [0.1, 0.15) is 43.2 Å². The Hall–Kier alpha value is -6.38. The zero-order chi connectivity index (χ0) is 38.0. The van der Waals surface area contributed by atoms with Crippen molar-refractivity contribution in [2.75, 3.05) is 4.90 Å². The molecule has 2 heteroatoms. The molecule has 4 fully saturated rings. The van der Waals surface area contributed by atoms with Gasteiger partial charge in [0, 0.05) is 38.6 Å². The predicted octanol–water partition coefficient (Wildman–Crippen LogP) is 14.8. The molecule has 0 saturated heterocycles. The summed E-state index contributed by atoms with van der Waals surface area (Å²) in [6.07, 6.45) is 6.97. The number of anilines is 3. The van der Waals surface area contributed by atoms with Crippen LogP contribution in [-0.2, 0) is 5.41 Å². The highest BCUT2D eigenvalue weighted by atomic mass is 15.1. The lowest BCUT2D eigenvalue weighted by atomic mass is 9.43. The van der Waals surface area contributed by atoms with Gasteiger partial charge in [-0.05, 0) is 149 Å². The van der Waals surface area contributed by atoms with Crippen LogP contribution in [0.25, 0.3) is 60.5 Å². The average molecular weight is 745 g/mol. The van der Waals surface area contributed by atoms with E-state index in [9.17, 15) is 0 Å². The van der Waals surface area contributed by atoms with Crippen LogP contribution in [0, 0.1) is 23.7 Å². The van der Waals surface area contributed by atoms with Gasteiger partial charge in [0.15, 0.2) is 0 Å². The summed E-state index contributed by atoms with van der Waals surface area (Å²) in [5, 5.41) is 5.05. The van der Waals surface area contributed by atoms with Gasteiger partial charge in [0.05, 0.1) is 16.7 Å². The Balaban J connectivity index is 1.07. The van der Waals surface area contributed by atoms with Crippen LogP contribution >= 0.6 is 0 Å². The van der Waals surface area contributed by atoms with E-state index in [1.807, 2.05) is 0 Å². The van der Waals surface area contributed by atoms with Crippen LogP contribution in [0.4, 0.5) is 17.1 Å². The van der Waals surface area contributed by atoms with Gasteiger partial charge in [-0.3, -0.25) is 0 Å². The first-order valence-electron chi connectivity index (χ1n) is 21.4. The Morgan fingerprint density at radius 1 is 0.414 bits per heavy atom. The molecule has 0 atom stereocenters. The normalized spacial score (nSPS) is 22.6. The standard InChI is InChI=1S/C56H44N2/c1-3-13-38(14-4-1)44-26-28-54(48-19-8-7-17-45(44)48)57(42-24-27-55-50(34-42)49-20-10-12-22-53(49)58(55)41-15-5-2-6-16-41)43-23-25-47-46-18-9-11-21-51(46)56(52(47)35-43)39-30-36-29-37(32-39)33-40(56)31-36/h1-28,34-37,39-40H,29-33H2. The lowest BCUT2D eigenvalue weighted by Crippen LogP contribution is -2.55. The van der Waals surface area contributed by atoms with Crippen molar-refractivity contribution in [1.82, 2.24) is 4.57 Å². The van der Waals surface area contributed by atoms with Crippen LogP contribution in [0.3, 0.4) is 0 Å². The third kappa shape index (κ3) is 4.49. The molecule has 2 nitrogen and oxygen atoms in total. The summed E-state index contributed by atoms with van der Waals surface area (Å²) in [7, 11) is 0. The largest absolute Gasteiger partial charge is 0.310 e. The molecule has 0 aliphatic heterocycles. The molecule has 5 aliphatic carbocycles. The number of nitrogens with zero attached hydrogens (tertiary/aromatic N) is 2. The van der Waals surface area contributed by atoms with Crippen molar-refractivity contribution in [3.05, 3.63) is 193 Å². The quantitative estimate of drug-likeness (QED) is 0.170. The molecule has 278 valence electrons. The van der Waals surface area contributed by atoms with Crippen molar-refractivity contribution in [2.45, 2.75) is 37.5 Å². The molecular formula is C56H44N2. The van der Waals surface area contributed by atoms with Gasteiger partial charge >= 0.3 is 0 Å². The lowest BCUT2D eigenvalue weighted by molar-refractivity contribution is -0.0399. The maximum absolute atomic E-state index is 2.65. The molecule has 0 radical (unpaired) electrons. The molecule has 0 N–H and O–H groups in total. The van der Waals surface area contributed by atoms with Crippen molar-refractivity contribution in [3.63, 3.8) is 0 Å². The SMILES string of the molecule is c1ccc(-c2ccc(N(c3ccc4c(c3)C3(c5ccccc5-4)C4CC5CC(C4)CC3C5)c3ccc4c(c3)c3ccccc3n4-c3ccccc3)c3ccccc23)cc1. The lowest BCUT2D eigenvalue weighted by Gasteiger charge is -2.61. The van der Waals surface area contributed by atoms with Gasteiger partial charge in [0.2, 0.25) is 0 Å². The summed E-state index contributed by atoms with van der Waals surface area (Å²) in [5.74, 6) is 3.23. The molecule has 9 aromatic rings. The Labute approximate surface area is 340 Å². The van der Waals surface area contributed by atoms with Gasteiger partial charge in [-0.15, -0.1) is 0 Å². The minimum atomic E-state index is 0.0906. The molecule has 8 aromatic carbocycles. The number of benzene rings is 8. The van der Waals surface area contributed by atoms with E-state index in [1.54, 1.807) is 11.1 Å². The number of rotatable bonds is 5. The first-order chi connectivity index (χ1) is 28.7. The van der Waals surface area contributed by atoms with E-state index in [1.165, 1.54) is 110 Å². The number of hydrogen-bond donors (Lipinski definition) is 0. The topological polar surface area (TPSA) is 8.17 Å². The van der Waals surface area contributed by atoms with E-state index in [4.69, 9.17) is 0 Å². The van der Waals surface area contributed by atoms with Gasteiger partial charge in [-0.25, -0.2) is 0 Å². The highest BCUT2D eigenvalue weighted by molar-refractivity contribution is 6.12. The minimum Gasteiger partial charge on any atom is -0.310 e. The zero-order valence-corrected chi connectivity index (χ0v) is 32.6. The molecular weight excluding hydrogens is 701 g/mol. The van der Waals surface area contributed by atoms with E-state index < -0.39 is 0 Å². The van der Waals surface area contributed by atoms with E-state index in [0.717, 1.165) is 11.8 Å². The van der Waals surface area contributed by atoms with Gasteiger partial charge in [-0.1, -0.05) is 127 Å². The second kappa shape index (κ2) is 12.3. The Morgan fingerprint density at radius 2 is 1.00 bits per heavy atom. The van der Waals surface area contributed by atoms with E-state index in [2.05, 4.69) is 191 Å². The number of para-hydroxylation sites is 2. The monoisotopic (exact) mass is 744 g/mol. The molecule has 1 heterocycles. The van der Waals surface area contributed by atoms with Crippen molar-refractivity contribution < 1.29 is 0 Å². The highest BCUT2D eigenvalue weighted by Crippen LogP contribution is 2.69. The summed E-state index contributed by atoms with van der Waals surface area (Å²) in [6, 6.07) is 68.5. The fourth-order valence-corrected chi connectivity index (χ4v) is 13.0. The smallest absolute Gasteiger partial charge is 0.0542 e. The maximum Gasteiger partial charge on any atom is 0.0542 e. The Kier molecular flexibility index (Phi) is 6.94. The third-order valence-electron chi connectivity index (χ3n) is 15.0. The molecule has 4 bridgehead atoms. The maximum atomic E-state index is 2.65. The molecule has 5 aliphatic rings. The van der Waals surface area contributed by atoms with Crippen LogP contribution in [0.15, 0.2) is 182 Å². The van der Waals surface area contributed by atoms with Gasteiger partial charge in [0.1, 0.15) is 0 Å². The summed E-state index contributed by atoms with van der Waals surface area (Å²) in [6.45, 7) is 0. The molecule has 0 unspecified atom stereocenters. The Bertz CT molecular complexity index is 3050. The van der Waals surface area contributed by atoms with Crippen molar-refractivity contribution in [1.29, 1.82) is 0 Å². The van der Waals surface area contributed by atoms with Crippen LogP contribution < -0.4 is 4.90 Å². The zero-order valence-electron chi connectivity index (χ0n) is 32.6. The fourth-order valence-electron chi connectivity index (χ4n) is 13.0. The van der Waals surface area contributed by atoms with E-state index in [-0.39, 0.29) is 5.41 Å². The summed E-state index contributed by atoms with van der Waals surface area (Å²) in [4.78, 5) is 2.58. The van der Waals surface area contributed by atoms with Crippen molar-refractivity contribution in [3.8, 4) is 27.9 Å². The molecule has 14 rings (SSSR count). The average Bonchev–Trinajstić information content (AvgIpc) is 3.76. The molecule has 1 aromatic heterocycles. The Morgan fingerprint density at radius 3 is 1.79 bits per heavy atom. The third-order valence-corrected chi connectivity index (χ3v) is 15.0. The fraction of sp³-hybridized carbons (Fsp3) is 0.179. The predicted molar refractivity (Wildman–Crippen MR) is 242 cm³/mol. The van der Waals surface area contributed by atoms with Crippen molar-refractivity contribution >= 4 is 49.6 Å². The molecule has 4 saturated carbocycles. The van der Waals surface area contributed by atoms with E-state index in [0.29, 0.717) is 11.8 Å². The molecule has 58 heavy (non-hydrogen) atoms. The second-order valence-corrected chi connectivity index (χ2v) is 17.7.